The topological polar surface area (TPSA) is 54.9 Å². The Hall–Kier alpha value is -1.45. The molecule has 1 atom stereocenters. The largest absolute Gasteiger partial charge is 0.309 e. The number of fused-ring (bicyclic) bond motifs is 1. The molecule has 1 aromatic heterocycles. The summed E-state index contributed by atoms with van der Waals surface area (Å²) in [5.74, 6) is 0.651. The van der Waals surface area contributed by atoms with Crippen molar-refractivity contribution in [1.29, 1.82) is 0 Å². The number of carbonyl (C=O) groups excluding carboxylic acids is 1. The normalized spacial score (nSPS) is 21.4. The zero-order valence-electron chi connectivity index (χ0n) is 6.74. The lowest BCUT2D eigenvalue weighted by atomic mass is 10.0. The molecule has 1 N–H and O–H groups in total. The van der Waals surface area contributed by atoms with Crippen molar-refractivity contribution in [2.24, 2.45) is 5.92 Å². The first kappa shape index (κ1) is 7.21. The first-order valence-corrected chi connectivity index (χ1v) is 3.88. The van der Waals surface area contributed by atoms with Gasteiger partial charge in [0, 0.05) is 24.7 Å². The molecule has 2 heterocycles. The van der Waals surface area contributed by atoms with Crippen LogP contribution in [0.15, 0.2) is 12.4 Å². The van der Waals surface area contributed by atoms with Crippen molar-refractivity contribution >= 4 is 11.7 Å². The fourth-order valence-electron chi connectivity index (χ4n) is 1.24. The predicted molar refractivity (Wildman–Crippen MR) is 43.5 cm³/mol. The smallest absolute Gasteiger partial charge is 0.228 e. The number of amides is 1. The van der Waals surface area contributed by atoms with Gasteiger partial charge in [-0.25, -0.2) is 4.98 Å². The van der Waals surface area contributed by atoms with Crippen LogP contribution in [-0.2, 0) is 11.2 Å². The SMILES string of the molecule is CC1Cc2nccnc2NC1=O. The Morgan fingerprint density at radius 3 is 3.08 bits per heavy atom. The van der Waals surface area contributed by atoms with Gasteiger partial charge in [0.1, 0.15) is 0 Å². The molecule has 4 heteroatoms. The van der Waals surface area contributed by atoms with E-state index in [4.69, 9.17) is 0 Å². The van der Waals surface area contributed by atoms with Crippen LogP contribution in [0.1, 0.15) is 12.6 Å². The van der Waals surface area contributed by atoms with Crippen molar-refractivity contribution in [2.45, 2.75) is 13.3 Å². The lowest BCUT2D eigenvalue weighted by Crippen LogP contribution is -2.29. The third kappa shape index (κ3) is 1.05. The molecular weight excluding hydrogens is 154 g/mol. The number of carbonyl (C=O) groups is 1. The lowest BCUT2D eigenvalue weighted by Gasteiger charge is -2.18. The quantitative estimate of drug-likeness (QED) is 0.609. The summed E-state index contributed by atoms with van der Waals surface area (Å²) in [6, 6.07) is 0. The summed E-state index contributed by atoms with van der Waals surface area (Å²) in [4.78, 5) is 19.3. The fraction of sp³-hybridized carbons (Fsp3) is 0.375. The molecule has 0 bridgehead atoms. The van der Waals surface area contributed by atoms with E-state index in [2.05, 4.69) is 15.3 Å². The van der Waals surface area contributed by atoms with Crippen LogP contribution in [0.3, 0.4) is 0 Å². The summed E-state index contributed by atoms with van der Waals surface area (Å²) in [5.41, 5.74) is 0.879. The number of rotatable bonds is 0. The zero-order chi connectivity index (χ0) is 8.55. The van der Waals surface area contributed by atoms with Crippen molar-refractivity contribution in [3.8, 4) is 0 Å². The van der Waals surface area contributed by atoms with Crippen molar-refractivity contribution < 1.29 is 4.79 Å². The van der Waals surface area contributed by atoms with Crippen LogP contribution in [-0.4, -0.2) is 15.9 Å². The maximum absolute atomic E-state index is 11.2. The molecular formula is C8H9N3O. The summed E-state index contributed by atoms with van der Waals surface area (Å²) < 4.78 is 0. The molecule has 12 heavy (non-hydrogen) atoms. The van der Waals surface area contributed by atoms with E-state index in [-0.39, 0.29) is 11.8 Å². The van der Waals surface area contributed by atoms with Gasteiger partial charge >= 0.3 is 0 Å². The summed E-state index contributed by atoms with van der Waals surface area (Å²) in [6.07, 6.45) is 3.91. The molecule has 1 aliphatic rings. The Labute approximate surface area is 70.0 Å². The van der Waals surface area contributed by atoms with Crippen LogP contribution in [0.5, 0.6) is 0 Å². The Morgan fingerprint density at radius 1 is 1.50 bits per heavy atom. The van der Waals surface area contributed by atoms with Gasteiger partial charge in [0.25, 0.3) is 0 Å². The number of aromatic nitrogens is 2. The molecule has 1 aromatic rings. The van der Waals surface area contributed by atoms with E-state index in [0.717, 1.165) is 5.69 Å². The predicted octanol–water partition coefficient (Wildman–Crippen LogP) is 0.607. The average Bonchev–Trinajstić information content (AvgIpc) is 2.07. The van der Waals surface area contributed by atoms with E-state index >= 15 is 0 Å². The van der Waals surface area contributed by atoms with Crippen LogP contribution in [0, 0.1) is 5.92 Å². The number of nitrogens with one attached hydrogen (secondary N) is 1. The summed E-state index contributed by atoms with van der Waals surface area (Å²) in [7, 11) is 0. The van der Waals surface area contributed by atoms with Crippen molar-refractivity contribution in [1.82, 2.24) is 9.97 Å². The molecule has 2 rings (SSSR count). The van der Waals surface area contributed by atoms with E-state index in [9.17, 15) is 4.79 Å². The Morgan fingerprint density at radius 2 is 2.25 bits per heavy atom. The van der Waals surface area contributed by atoms with Gasteiger partial charge in [-0.15, -0.1) is 0 Å². The van der Waals surface area contributed by atoms with Gasteiger partial charge in [0.05, 0.1) is 5.69 Å². The second kappa shape index (κ2) is 2.55. The standard InChI is InChI=1S/C8H9N3O/c1-5-4-6-7(11-8(5)12)10-3-2-9-6/h2-3,5H,4H2,1H3,(H,10,11,12). The van der Waals surface area contributed by atoms with Crippen LogP contribution < -0.4 is 5.32 Å². The van der Waals surface area contributed by atoms with Gasteiger partial charge in [0.15, 0.2) is 5.82 Å². The van der Waals surface area contributed by atoms with Gasteiger partial charge in [-0.3, -0.25) is 9.78 Å². The lowest BCUT2D eigenvalue weighted by molar-refractivity contribution is -0.119. The molecule has 0 fully saturated rings. The average molecular weight is 163 g/mol. The molecule has 0 aliphatic carbocycles. The molecule has 0 saturated carbocycles. The van der Waals surface area contributed by atoms with Gasteiger partial charge in [-0.05, 0) is 0 Å². The highest BCUT2D eigenvalue weighted by atomic mass is 16.2. The molecule has 0 spiro atoms. The third-order valence-corrected chi connectivity index (χ3v) is 1.96. The van der Waals surface area contributed by atoms with E-state index in [1.54, 1.807) is 12.4 Å². The number of anilines is 1. The third-order valence-electron chi connectivity index (χ3n) is 1.96. The first-order chi connectivity index (χ1) is 5.77. The Kier molecular flexibility index (Phi) is 1.53. The Balaban J connectivity index is 2.40. The zero-order valence-corrected chi connectivity index (χ0v) is 6.74. The molecule has 4 nitrogen and oxygen atoms in total. The van der Waals surface area contributed by atoms with Crippen molar-refractivity contribution in [2.75, 3.05) is 5.32 Å². The van der Waals surface area contributed by atoms with E-state index in [1.807, 2.05) is 6.92 Å². The van der Waals surface area contributed by atoms with Gasteiger partial charge in [-0.1, -0.05) is 6.92 Å². The van der Waals surface area contributed by atoms with Crippen LogP contribution >= 0.6 is 0 Å². The van der Waals surface area contributed by atoms with Gasteiger partial charge < -0.3 is 5.32 Å². The van der Waals surface area contributed by atoms with Gasteiger partial charge in [0.2, 0.25) is 5.91 Å². The fourth-order valence-corrected chi connectivity index (χ4v) is 1.24. The molecule has 1 amide bonds. The molecule has 0 aromatic carbocycles. The number of nitrogens with zero attached hydrogens (tertiary/aromatic N) is 2. The minimum atomic E-state index is 0.00852. The van der Waals surface area contributed by atoms with Crippen LogP contribution in [0.2, 0.25) is 0 Å². The van der Waals surface area contributed by atoms with Crippen molar-refractivity contribution in [3.05, 3.63) is 18.1 Å². The molecule has 1 aliphatic heterocycles. The van der Waals surface area contributed by atoms with Crippen LogP contribution in [0.4, 0.5) is 5.82 Å². The van der Waals surface area contributed by atoms with Gasteiger partial charge in [-0.2, -0.15) is 0 Å². The second-order valence-electron chi connectivity index (χ2n) is 2.95. The summed E-state index contributed by atoms with van der Waals surface area (Å²) in [5, 5.41) is 2.70. The van der Waals surface area contributed by atoms with E-state index in [0.29, 0.717) is 12.2 Å². The highest BCUT2D eigenvalue weighted by Gasteiger charge is 2.23. The van der Waals surface area contributed by atoms with E-state index < -0.39 is 0 Å². The monoisotopic (exact) mass is 163 g/mol. The maximum atomic E-state index is 11.2. The van der Waals surface area contributed by atoms with Crippen molar-refractivity contribution in [3.63, 3.8) is 0 Å². The molecule has 62 valence electrons. The second-order valence-corrected chi connectivity index (χ2v) is 2.95. The summed E-state index contributed by atoms with van der Waals surface area (Å²) in [6.45, 7) is 1.88. The minimum absolute atomic E-state index is 0.00852. The first-order valence-electron chi connectivity index (χ1n) is 3.88. The minimum Gasteiger partial charge on any atom is -0.309 e. The maximum Gasteiger partial charge on any atom is 0.228 e. The highest BCUT2D eigenvalue weighted by Crippen LogP contribution is 2.19. The molecule has 0 saturated heterocycles. The number of hydrogen-bond donors (Lipinski definition) is 1. The highest BCUT2D eigenvalue weighted by molar-refractivity contribution is 5.93. The molecule has 0 radical (unpaired) electrons. The molecule has 1 unspecified atom stereocenters. The Bertz CT molecular complexity index is 324. The van der Waals surface area contributed by atoms with E-state index in [1.165, 1.54) is 0 Å². The summed E-state index contributed by atoms with van der Waals surface area (Å²) >= 11 is 0. The number of hydrogen-bond acceptors (Lipinski definition) is 3. The van der Waals surface area contributed by atoms with Crippen LogP contribution in [0.25, 0.3) is 0 Å².